The molecule has 24 heavy (non-hydrogen) atoms. The molecule has 0 fully saturated rings. The molecule has 0 radical (unpaired) electrons. The highest BCUT2D eigenvalue weighted by Gasteiger charge is 2.10. The molecule has 0 N–H and O–H groups in total. The Bertz CT molecular complexity index is 1120. The van der Waals surface area contributed by atoms with Gasteiger partial charge in [0.1, 0.15) is 5.65 Å². The average molecular weight is 401 g/mol. The molecule has 1 aromatic carbocycles. The molecule has 0 unspecified atom stereocenters. The van der Waals surface area contributed by atoms with Crippen LogP contribution in [0.1, 0.15) is 5.69 Å². The van der Waals surface area contributed by atoms with Crippen LogP contribution in [0, 0.1) is 0 Å². The Hall–Kier alpha value is -2.12. The lowest BCUT2D eigenvalue weighted by Crippen LogP contribution is -2.19. The maximum absolute atomic E-state index is 12.4. The van der Waals surface area contributed by atoms with E-state index in [1.54, 1.807) is 17.7 Å². The maximum Gasteiger partial charge on any atom is 0.261 e. The first-order chi connectivity index (χ1) is 11.6. The van der Waals surface area contributed by atoms with Gasteiger partial charge >= 0.3 is 0 Å². The van der Waals surface area contributed by atoms with Crippen molar-refractivity contribution in [3.8, 4) is 0 Å². The lowest BCUT2D eigenvalue weighted by atomic mass is 10.2. The number of hydrogen-bond donors (Lipinski definition) is 0. The van der Waals surface area contributed by atoms with Gasteiger partial charge in [-0.1, -0.05) is 23.9 Å². The molecule has 3 heterocycles. The summed E-state index contributed by atoms with van der Waals surface area (Å²) in [5.41, 5.74) is 2.54. The Morgan fingerprint density at radius 2 is 1.96 bits per heavy atom. The summed E-state index contributed by atoms with van der Waals surface area (Å²) in [6.45, 7) is 0. The van der Waals surface area contributed by atoms with Crippen LogP contribution in [0.4, 0.5) is 0 Å². The molecular weight excluding hydrogens is 388 g/mol. The number of para-hydroxylation sites is 1. The largest absolute Gasteiger partial charge is 0.306 e. The minimum absolute atomic E-state index is 0.0259. The van der Waals surface area contributed by atoms with E-state index in [1.807, 2.05) is 47.1 Å². The van der Waals surface area contributed by atoms with Crippen molar-refractivity contribution in [3.63, 3.8) is 0 Å². The van der Waals surface area contributed by atoms with Crippen molar-refractivity contribution in [3.05, 3.63) is 69.3 Å². The van der Waals surface area contributed by atoms with Gasteiger partial charge in [0.15, 0.2) is 5.16 Å². The smallest absolute Gasteiger partial charge is 0.261 e. The molecular formula is C17H13BrN4OS. The predicted molar refractivity (Wildman–Crippen MR) is 99.4 cm³/mol. The highest BCUT2D eigenvalue weighted by Crippen LogP contribution is 2.22. The van der Waals surface area contributed by atoms with Crippen molar-refractivity contribution in [2.75, 3.05) is 0 Å². The van der Waals surface area contributed by atoms with Crippen LogP contribution in [0.2, 0.25) is 0 Å². The van der Waals surface area contributed by atoms with Gasteiger partial charge in [-0.05, 0) is 40.2 Å². The van der Waals surface area contributed by atoms with Gasteiger partial charge in [0, 0.05) is 29.7 Å². The summed E-state index contributed by atoms with van der Waals surface area (Å²) in [6, 6.07) is 11.3. The predicted octanol–water partition coefficient (Wildman–Crippen LogP) is 3.64. The molecule has 0 bridgehead atoms. The van der Waals surface area contributed by atoms with Gasteiger partial charge < -0.3 is 4.40 Å². The van der Waals surface area contributed by atoms with Gasteiger partial charge in [-0.25, -0.2) is 9.97 Å². The molecule has 4 aromatic rings. The molecule has 0 amide bonds. The van der Waals surface area contributed by atoms with E-state index in [4.69, 9.17) is 0 Å². The van der Waals surface area contributed by atoms with Crippen LogP contribution < -0.4 is 5.56 Å². The van der Waals surface area contributed by atoms with Crippen LogP contribution in [-0.4, -0.2) is 18.9 Å². The van der Waals surface area contributed by atoms with E-state index in [0.29, 0.717) is 16.3 Å². The molecule has 0 atom stereocenters. The Balaban J connectivity index is 1.66. The standard InChI is InChI=1S/C17H13BrN4OS/c1-21-16(23)13-4-2-3-5-14(13)20-17(21)24-10-12-9-22-8-11(18)6-7-15(22)19-12/h2-9H,10H2,1H3. The monoisotopic (exact) mass is 400 g/mol. The second-order valence-electron chi connectivity index (χ2n) is 5.41. The third kappa shape index (κ3) is 2.74. The van der Waals surface area contributed by atoms with E-state index in [0.717, 1.165) is 21.3 Å². The minimum Gasteiger partial charge on any atom is -0.306 e. The van der Waals surface area contributed by atoms with E-state index in [9.17, 15) is 4.79 Å². The SMILES string of the molecule is Cn1c(SCc2cn3cc(Br)ccc3n2)nc2ccccc2c1=O. The first-order valence-electron chi connectivity index (χ1n) is 7.33. The zero-order chi connectivity index (χ0) is 16.7. The highest BCUT2D eigenvalue weighted by molar-refractivity contribution is 9.10. The van der Waals surface area contributed by atoms with Crippen molar-refractivity contribution in [1.82, 2.24) is 18.9 Å². The van der Waals surface area contributed by atoms with Crippen LogP contribution in [0.3, 0.4) is 0 Å². The number of imidazole rings is 1. The Kier molecular flexibility index (Phi) is 3.90. The maximum atomic E-state index is 12.4. The Morgan fingerprint density at radius 1 is 1.12 bits per heavy atom. The Labute approximate surface area is 150 Å². The van der Waals surface area contributed by atoms with Gasteiger partial charge in [-0.3, -0.25) is 9.36 Å². The number of halogens is 1. The van der Waals surface area contributed by atoms with Gasteiger partial charge in [0.2, 0.25) is 0 Å². The van der Waals surface area contributed by atoms with Gasteiger partial charge in [0.25, 0.3) is 5.56 Å². The number of fused-ring (bicyclic) bond motifs is 2. The van der Waals surface area contributed by atoms with E-state index in [1.165, 1.54) is 11.8 Å². The fourth-order valence-electron chi connectivity index (χ4n) is 2.55. The molecule has 7 heteroatoms. The third-order valence-corrected chi connectivity index (χ3v) is 5.29. The summed E-state index contributed by atoms with van der Waals surface area (Å²) in [7, 11) is 1.75. The topological polar surface area (TPSA) is 52.2 Å². The van der Waals surface area contributed by atoms with Crippen molar-refractivity contribution in [2.24, 2.45) is 7.05 Å². The first-order valence-corrected chi connectivity index (χ1v) is 9.11. The number of pyridine rings is 1. The van der Waals surface area contributed by atoms with Crippen LogP contribution >= 0.6 is 27.7 Å². The molecule has 4 rings (SSSR count). The van der Waals surface area contributed by atoms with Gasteiger partial charge in [-0.15, -0.1) is 0 Å². The number of aromatic nitrogens is 4. The number of hydrogen-bond acceptors (Lipinski definition) is 4. The molecule has 3 aromatic heterocycles. The van der Waals surface area contributed by atoms with Gasteiger partial charge in [0.05, 0.1) is 16.6 Å². The first kappa shape index (κ1) is 15.4. The minimum atomic E-state index is -0.0259. The van der Waals surface area contributed by atoms with Crippen molar-refractivity contribution >= 4 is 44.2 Å². The highest BCUT2D eigenvalue weighted by atomic mass is 79.9. The summed E-state index contributed by atoms with van der Waals surface area (Å²) in [5, 5.41) is 1.33. The molecule has 0 aliphatic carbocycles. The molecule has 0 aliphatic rings. The van der Waals surface area contributed by atoms with Crippen molar-refractivity contribution < 1.29 is 0 Å². The number of thioether (sulfide) groups is 1. The molecule has 120 valence electrons. The lowest BCUT2D eigenvalue weighted by molar-refractivity contribution is 0.726. The molecule has 5 nitrogen and oxygen atoms in total. The molecule has 0 saturated carbocycles. The fraction of sp³-hybridized carbons (Fsp3) is 0.118. The zero-order valence-electron chi connectivity index (χ0n) is 12.8. The quantitative estimate of drug-likeness (QED) is 0.389. The zero-order valence-corrected chi connectivity index (χ0v) is 15.2. The molecule has 0 aliphatic heterocycles. The number of nitrogens with zero attached hydrogens (tertiary/aromatic N) is 4. The lowest BCUT2D eigenvalue weighted by Gasteiger charge is -2.07. The van der Waals surface area contributed by atoms with Crippen LogP contribution in [0.25, 0.3) is 16.6 Å². The van der Waals surface area contributed by atoms with E-state index in [2.05, 4.69) is 25.9 Å². The van der Waals surface area contributed by atoms with Crippen LogP contribution in [0.15, 0.2) is 63.2 Å². The normalized spacial score (nSPS) is 11.4. The average Bonchev–Trinajstić information content (AvgIpc) is 2.99. The van der Waals surface area contributed by atoms with Crippen molar-refractivity contribution in [1.29, 1.82) is 0 Å². The third-order valence-electron chi connectivity index (χ3n) is 3.76. The Morgan fingerprint density at radius 3 is 2.83 bits per heavy atom. The number of benzene rings is 1. The van der Waals surface area contributed by atoms with E-state index in [-0.39, 0.29) is 5.56 Å². The number of rotatable bonds is 3. The summed E-state index contributed by atoms with van der Waals surface area (Å²) < 4.78 is 4.58. The van der Waals surface area contributed by atoms with E-state index < -0.39 is 0 Å². The second-order valence-corrected chi connectivity index (χ2v) is 7.27. The summed E-state index contributed by atoms with van der Waals surface area (Å²) >= 11 is 4.97. The van der Waals surface area contributed by atoms with Gasteiger partial charge in [-0.2, -0.15) is 0 Å². The van der Waals surface area contributed by atoms with Crippen molar-refractivity contribution in [2.45, 2.75) is 10.9 Å². The fourth-order valence-corrected chi connectivity index (χ4v) is 3.76. The second kappa shape index (κ2) is 6.07. The molecule has 0 spiro atoms. The summed E-state index contributed by atoms with van der Waals surface area (Å²) in [6.07, 6.45) is 3.97. The van der Waals surface area contributed by atoms with Crippen LogP contribution in [0.5, 0.6) is 0 Å². The summed E-state index contributed by atoms with van der Waals surface area (Å²) in [5.74, 6) is 0.651. The summed E-state index contributed by atoms with van der Waals surface area (Å²) in [4.78, 5) is 21.6. The molecule has 0 saturated heterocycles. The van der Waals surface area contributed by atoms with Crippen LogP contribution in [-0.2, 0) is 12.8 Å². The van der Waals surface area contributed by atoms with E-state index >= 15 is 0 Å².